The van der Waals surface area contributed by atoms with E-state index in [9.17, 15) is 14.7 Å². The molecule has 0 saturated heterocycles. The van der Waals surface area contributed by atoms with Crippen LogP contribution in [0.1, 0.15) is 41.0 Å². The van der Waals surface area contributed by atoms with E-state index in [1.807, 2.05) is 6.07 Å². The predicted molar refractivity (Wildman–Crippen MR) is 79.2 cm³/mol. The summed E-state index contributed by atoms with van der Waals surface area (Å²) in [6.07, 6.45) is 0.394. The Hall–Kier alpha value is -2.69. The number of benzene rings is 1. The van der Waals surface area contributed by atoms with Gasteiger partial charge >= 0.3 is 5.97 Å². The molecule has 1 aromatic heterocycles. The number of hydrogen-bond acceptors (Lipinski definition) is 4. The number of aromatic nitrogens is 1. The quantitative estimate of drug-likeness (QED) is 0.823. The first-order valence-corrected chi connectivity index (χ1v) is 6.63. The van der Waals surface area contributed by atoms with Crippen molar-refractivity contribution in [2.75, 3.05) is 5.73 Å². The first-order chi connectivity index (χ1) is 10.0. The molecular formula is C16H16N2O3. The van der Waals surface area contributed by atoms with E-state index in [0.717, 1.165) is 0 Å². The van der Waals surface area contributed by atoms with Gasteiger partial charge in [0.05, 0.1) is 17.3 Å². The average molecular weight is 284 g/mol. The molecule has 1 aromatic carbocycles. The molecule has 1 unspecified atom stereocenters. The summed E-state index contributed by atoms with van der Waals surface area (Å²) in [6.45, 7) is 1.76. The van der Waals surface area contributed by atoms with Gasteiger partial charge in [0.15, 0.2) is 0 Å². The molecule has 0 saturated carbocycles. The van der Waals surface area contributed by atoms with Crippen molar-refractivity contribution in [2.45, 2.75) is 19.3 Å². The molecular weight excluding hydrogens is 268 g/mol. The molecule has 0 aliphatic rings. The Balaban J connectivity index is 2.45. The van der Waals surface area contributed by atoms with Gasteiger partial charge in [0.1, 0.15) is 5.69 Å². The van der Waals surface area contributed by atoms with Crippen LogP contribution in [-0.4, -0.2) is 21.8 Å². The number of carbonyl (C=O) groups is 2. The number of hydrogen-bond donors (Lipinski definition) is 2. The number of carboxylic acid groups (broad SMARTS) is 1. The van der Waals surface area contributed by atoms with Crippen molar-refractivity contribution in [3.05, 3.63) is 59.4 Å². The summed E-state index contributed by atoms with van der Waals surface area (Å²) in [5, 5.41) is 9.19. The summed E-state index contributed by atoms with van der Waals surface area (Å²) in [4.78, 5) is 27.8. The molecule has 0 aliphatic carbocycles. The van der Waals surface area contributed by atoms with Crippen molar-refractivity contribution in [1.82, 2.24) is 4.98 Å². The lowest BCUT2D eigenvalue weighted by molar-refractivity contribution is -0.138. The normalized spacial score (nSPS) is 11.9. The maximum atomic E-state index is 12.4. The minimum atomic E-state index is -0.965. The molecule has 108 valence electrons. The van der Waals surface area contributed by atoms with Crippen LogP contribution in [0.25, 0.3) is 0 Å². The SMILES string of the molecule is CCC(C(=O)O)c1ccc(N)c(C(=O)c2ccccc2)n1. The molecule has 5 nitrogen and oxygen atoms in total. The van der Waals surface area contributed by atoms with E-state index >= 15 is 0 Å². The molecule has 21 heavy (non-hydrogen) atoms. The van der Waals surface area contributed by atoms with Crippen molar-refractivity contribution in [3.63, 3.8) is 0 Å². The zero-order valence-corrected chi connectivity index (χ0v) is 11.6. The first-order valence-electron chi connectivity index (χ1n) is 6.63. The number of carbonyl (C=O) groups excluding carboxylic acids is 1. The minimum Gasteiger partial charge on any atom is -0.481 e. The average Bonchev–Trinajstić information content (AvgIpc) is 2.49. The molecule has 1 heterocycles. The van der Waals surface area contributed by atoms with Crippen molar-refractivity contribution >= 4 is 17.4 Å². The predicted octanol–water partition coefficient (Wildman–Crippen LogP) is 2.47. The van der Waals surface area contributed by atoms with E-state index in [-0.39, 0.29) is 17.2 Å². The third kappa shape index (κ3) is 3.08. The van der Waals surface area contributed by atoms with Crippen molar-refractivity contribution < 1.29 is 14.7 Å². The van der Waals surface area contributed by atoms with Crippen LogP contribution in [0.15, 0.2) is 42.5 Å². The number of nitrogens with two attached hydrogens (primary N) is 1. The lowest BCUT2D eigenvalue weighted by atomic mass is 10.00. The smallest absolute Gasteiger partial charge is 0.312 e. The first kappa shape index (κ1) is 14.7. The Morgan fingerprint density at radius 3 is 2.43 bits per heavy atom. The van der Waals surface area contributed by atoms with Crippen molar-refractivity contribution in [1.29, 1.82) is 0 Å². The van der Waals surface area contributed by atoms with Gasteiger partial charge < -0.3 is 10.8 Å². The second-order valence-corrected chi connectivity index (χ2v) is 4.67. The van der Waals surface area contributed by atoms with Crippen LogP contribution < -0.4 is 5.73 Å². The van der Waals surface area contributed by atoms with Crippen LogP contribution >= 0.6 is 0 Å². The van der Waals surface area contributed by atoms with Gasteiger partial charge in [-0.15, -0.1) is 0 Å². The summed E-state index contributed by atoms with van der Waals surface area (Å²) in [7, 11) is 0. The molecule has 0 fully saturated rings. The summed E-state index contributed by atoms with van der Waals surface area (Å²) in [5.74, 6) is -2.02. The number of carboxylic acids is 1. The standard InChI is InChI=1S/C16H16N2O3/c1-2-11(16(20)21)13-9-8-12(17)14(18-13)15(19)10-6-4-3-5-7-10/h3-9,11H,2,17H2,1H3,(H,20,21). The van der Waals surface area contributed by atoms with Gasteiger partial charge in [0.25, 0.3) is 0 Å². The van der Waals surface area contributed by atoms with Gasteiger partial charge in [-0.2, -0.15) is 0 Å². The lowest BCUT2D eigenvalue weighted by Gasteiger charge is -2.12. The van der Waals surface area contributed by atoms with Crippen LogP contribution in [-0.2, 0) is 4.79 Å². The van der Waals surface area contributed by atoms with Gasteiger partial charge in [-0.1, -0.05) is 37.3 Å². The highest BCUT2D eigenvalue weighted by Crippen LogP contribution is 2.22. The molecule has 3 N–H and O–H groups in total. The number of nitrogens with zero attached hydrogens (tertiary/aromatic N) is 1. The van der Waals surface area contributed by atoms with Gasteiger partial charge in [0.2, 0.25) is 5.78 Å². The highest BCUT2D eigenvalue weighted by molar-refractivity contribution is 6.10. The third-order valence-electron chi connectivity index (χ3n) is 3.26. The summed E-state index contributed by atoms with van der Waals surface area (Å²) in [5.41, 5.74) is 6.97. The fraction of sp³-hybridized carbons (Fsp3) is 0.188. The van der Waals surface area contributed by atoms with E-state index < -0.39 is 11.9 Å². The second kappa shape index (κ2) is 6.17. The fourth-order valence-electron chi connectivity index (χ4n) is 2.10. The summed E-state index contributed by atoms with van der Waals surface area (Å²) >= 11 is 0. The molecule has 5 heteroatoms. The molecule has 0 bridgehead atoms. The molecule has 2 rings (SSSR count). The Labute approximate surface area is 122 Å². The Morgan fingerprint density at radius 2 is 1.86 bits per heavy atom. The Bertz CT molecular complexity index is 668. The van der Waals surface area contributed by atoms with Gasteiger partial charge in [-0.3, -0.25) is 9.59 Å². The van der Waals surface area contributed by atoms with Gasteiger partial charge in [-0.25, -0.2) is 4.98 Å². The lowest BCUT2D eigenvalue weighted by Crippen LogP contribution is -2.16. The van der Waals surface area contributed by atoms with Crippen molar-refractivity contribution in [3.8, 4) is 0 Å². The summed E-state index contributed by atoms with van der Waals surface area (Å²) < 4.78 is 0. The maximum Gasteiger partial charge on any atom is 0.312 e. The molecule has 0 radical (unpaired) electrons. The molecule has 2 aromatic rings. The van der Waals surface area contributed by atoms with E-state index in [4.69, 9.17) is 5.73 Å². The van der Waals surface area contributed by atoms with Crippen LogP contribution in [0.4, 0.5) is 5.69 Å². The van der Waals surface area contributed by atoms with E-state index in [2.05, 4.69) is 4.98 Å². The number of aliphatic carboxylic acids is 1. The van der Waals surface area contributed by atoms with Gasteiger partial charge in [-0.05, 0) is 18.6 Å². The molecule has 0 aliphatic heterocycles. The Kier molecular flexibility index (Phi) is 4.33. The molecule has 0 spiro atoms. The minimum absolute atomic E-state index is 0.0957. The number of rotatable bonds is 5. The molecule has 1 atom stereocenters. The summed E-state index contributed by atoms with van der Waals surface area (Å²) in [6, 6.07) is 11.7. The van der Waals surface area contributed by atoms with Crippen LogP contribution in [0.2, 0.25) is 0 Å². The van der Waals surface area contributed by atoms with Crippen LogP contribution in [0, 0.1) is 0 Å². The zero-order valence-electron chi connectivity index (χ0n) is 11.6. The number of pyridine rings is 1. The van der Waals surface area contributed by atoms with E-state index in [0.29, 0.717) is 17.7 Å². The third-order valence-corrected chi connectivity index (χ3v) is 3.26. The van der Waals surface area contributed by atoms with Crippen LogP contribution in [0.5, 0.6) is 0 Å². The largest absolute Gasteiger partial charge is 0.481 e. The fourth-order valence-corrected chi connectivity index (χ4v) is 2.10. The Morgan fingerprint density at radius 1 is 1.19 bits per heavy atom. The number of anilines is 1. The number of nitrogen functional groups attached to an aromatic ring is 1. The second-order valence-electron chi connectivity index (χ2n) is 4.67. The monoisotopic (exact) mass is 284 g/mol. The zero-order chi connectivity index (χ0) is 15.4. The van der Waals surface area contributed by atoms with Crippen LogP contribution in [0.3, 0.4) is 0 Å². The topological polar surface area (TPSA) is 93.3 Å². The van der Waals surface area contributed by atoms with Crippen molar-refractivity contribution in [2.24, 2.45) is 0 Å². The highest BCUT2D eigenvalue weighted by atomic mass is 16.4. The van der Waals surface area contributed by atoms with Gasteiger partial charge in [0, 0.05) is 5.56 Å². The van der Waals surface area contributed by atoms with E-state index in [1.165, 1.54) is 6.07 Å². The number of ketones is 1. The maximum absolute atomic E-state index is 12.4. The van der Waals surface area contributed by atoms with E-state index in [1.54, 1.807) is 37.3 Å². The molecule has 0 amide bonds. The highest BCUT2D eigenvalue weighted by Gasteiger charge is 2.22.